The molecule has 4 aliphatic rings. The van der Waals surface area contributed by atoms with Crippen LogP contribution in [-0.2, 0) is 4.79 Å². The van der Waals surface area contributed by atoms with E-state index in [1.807, 2.05) is 0 Å². The molecule has 3 fully saturated rings. The van der Waals surface area contributed by atoms with Crippen LogP contribution >= 0.6 is 10.2 Å². The van der Waals surface area contributed by atoms with E-state index in [1.165, 1.54) is 116 Å². The minimum Gasteiger partial charge on any atom is -0.299 e. The van der Waals surface area contributed by atoms with Crippen LogP contribution in [0.15, 0.2) is 4.40 Å². The van der Waals surface area contributed by atoms with E-state index in [1.54, 1.807) is 5.04 Å². The summed E-state index contributed by atoms with van der Waals surface area (Å²) < 4.78 is 5.15. The van der Waals surface area contributed by atoms with Crippen molar-refractivity contribution < 1.29 is 4.79 Å². The van der Waals surface area contributed by atoms with Gasteiger partial charge >= 0.3 is 0 Å². The average Bonchev–Trinajstić information content (AvgIpc) is 3.87. The van der Waals surface area contributed by atoms with Gasteiger partial charge in [0.1, 0.15) is 5.78 Å². The lowest BCUT2D eigenvalue weighted by Crippen LogP contribution is -2.38. The quantitative estimate of drug-likeness (QED) is 0.159. The molecular weight excluding hydrogens is 506 g/mol. The maximum absolute atomic E-state index is 13.1. The fourth-order valence-electron chi connectivity index (χ4n) is 9.29. The SMILES string of the molecule is CCCCCCCC(=O)C(C)(C)C1CC1C1CCC(C(C)(C)C2CCC(S3(C)N=C3CCCCCC)CC2)CC1. The lowest BCUT2D eigenvalue weighted by atomic mass is 9.59. The average molecular weight is 574 g/mol. The van der Waals surface area contributed by atoms with Gasteiger partial charge in [0.2, 0.25) is 0 Å². The summed E-state index contributed by atoms with van der Waals surface area (Å²) in [7, 11) is -0.723. The summed E-state index contributed by atoms with van der Waals surface area (Å²) in [4.78, 5) is 13.1. The van der Waals surface area contributed by atoms with Crippen molar-refractivity contribution in [3.05, 3.63) is 0 Å². The molecule has 2 nitrogen and oxygen atoms in total. The van der Waals surface area contributed by atoms with Crippen LogP contribution in [-0.4, -0.2) is 22.3 Å². The number of unbranched alkanes of at least 4 members (excludes halogenated alkanes) is 7. The summed E-state index contributed by atoms with van der Waals surface area (Å²) in [6.45, 7) is 14.4. The summed E-state index contributed by atoms with van der Waals surface area (Å²) in [5.41, 5.74) is 0.388. The second kappa shape index (κ2) is 14.0. The second-order valence-electron chi connectivity index (χ2n) is 16.0. The monoisotopic (exact) mass is 573 g/mol. The zero-order valence-electron chi connectivity index (χ0n) is 27.9. The van der Waals surface area contributed by atoms with E-state index in [0.717, 1.165) is 41.8 Å². The number of ketones is 1. The predicted molar refractivity (Wildman–Crippen MR) is 178 cm³/mol. The van der Waals surface area contributed by atoms with Gasteiger partial charge in [-0.1, -0.05) is 86.5 Å². The van der Waals surface area contributed by atoms with Crippen LogP contribution in [0.2, 0.25) is 0 Å². The van der Waals surface area contributed by atoms with Crippen LogP contribution in [0.1, 0.15) is 170 Å². The van der Waals surface area contributed by atoms with Crippen molar-refractivity contribution in [1.29, 1.82) is 0 Å². The molecule has 0 spiro atoms. The highest BCUT2D eigenvalue weighted by atomic mass is 32.3. The first kappa shape index (κ1) is 32.6. The molecule has 0 N–H and O–H groups in total. The largest absolute Gasteiger partial charge is 0.299 e. The van der Waals surface area contributed by atoms with Crippen molar-refractivity contribution in [3.63, 3.8) is 0 Å². The van der Waals surface area contributed by atoms with Gasteiger partial charge in [-0.05, 0) is 118 Å². The molecule has 3 heteroatoms. The Bertz CT molecular complexity index is 844. The van der Waals surface area contributed by atoms with E-state index in [2.05, 4.69) is 47.8 Å². The highest BCUT2D eigenvalue weighted by Gasteiger charge is 2.54. The number of carbonyl (C=O) groups excluding carboxylic acids is 1. The molecule has 4 rings (SSSR count). The Balaban J connectivity index is 1.17. The first-order chi connectivity index (χ1) is 19.1. The second-order valence-corrected chi connectivity index (χ2v) is 19.1. The molecule has 0 aromatic heterocycles. The van der Waals surface area contributed by atoms with Crippen molar-refractivity contribution in [3.8, 4) is 0 Å². The molecule has 3 saturated carbocycles. The van der Waals surface area contributed by atoms with Gasteiger partial charge in [-0.3, -0.25) is 4.79 Å². The third-order valence-electron chi connectivity index (χ3n) is 12.8. The molecule has 0 radical (unpaired) electrons. The van der Waals surface area contributed by atoms with Crippen LogP contribution in [0.4, 0.5) is 0 Å². The summed E-state index contributed by atoms with van der Waals surface area (Å²) in [5.74, 6) is 4.73. The molecule has 40 heavy (non-hydrogen) atoms. The van der Waals surface area contributed by atoms with Gasteiger partial charge in [-0.2, -0.15) is 0 Å². The van der Waals surface area contributed by atoms with Gasteiger partial charge in [-0.25, -0.2) is 4.40 Å². The molecular formula is C37H67NOS. The van der Waals surface area contributed by atoms with Crippen LogP contribution in [0.25, 0.3) is 0 Å². The number of nitrogens with zero attached hydrogens (tertiary/aromatic N) is 1. The van der Waals surface area contributed by atoms with Crippen LogP contribution < -0.4 is 0 Å². The maximum Gasteiger partial charge on any atom is 0.138 e. The predicted octanol–water partition coefficient (Wildman–Crippen LogP) is 11.7. The zero-order chi connectivity index (χ0) is 29.0. The summed E-state index contributed by atoms with van der Waals surface area (Å²) in [6.07, 6.45) is 29.1. The van der Waals surface area contributed by atoms with Crippen LogP contribution in [0.5, 0.6) is 0 Å². The maximum atomic E-state index is 13.1. The molecule has 0 aromatic rings. The molecule has 3 aliphatic carbocycles. The fraction of sp³-hybridized carbons (Fsp3) is 0.946. The van der Waals surface area contributed by atoms with Gasteiger partial charge < -0.3 is 0 Å². The highest BCUT2D eigenvalue weighted by molar-refractivity contribution is 8.50. The Morgan fingerprint density at radius 2 is 1.32 bits per heavy atom. The van der Waals surface area contributed by atoms with Crippen molar-refractivity contribution in [1.82, 2.24) is 0 Å². The Morgan fingerprint density at radius 1 is 0.775 bits per heavy atom. The van der Waals surface area contributed by atoms with Gasteiger partial charge in [0.25, 0.3) is 0 Å². The summed E-state index contributed by atoms with van der Waals surface area (Å²) in [6, 6.07) is 0. The van der Waals surface area contributed by atoms with Crippen molar-refractivity contribution in [2.75, 3.05) is 6.26 Å². The standard InChI is InChI=1S/C37H67NOS/c1-8-10-12-14-15-17-34(39)37(5,6)33-27-32(33)28-19-21-29(22-20-28)36(3,4)30-23-25-31(26-24-30)40(7)35(38-40)18-16-13-11-9-2/h28-33H,8-27H2,1-7H3. The lowest BCUT2D eigenvalue weighted by Gasteiger charge is -2.48. The molecule has 1 aliphatic heterocycles. The summed E-state index contributed by atoms with van der Waals surface area (Å²) in [5, 5.41) is 2.53. The highest BCUT2D eigenvalue weighted by Crippen LogP contribution is 2.69. The molecule has 3 unspecified atom stereocenters. The normalized spacial score (nSPS) is 36.0. The van der Waals surface area contributed by atoms with E-state index in [9.17, 15) is 4.79 Å². The summed E-state index contributed by atoms with van der Waals surface area (Å²) >= 11 is 0. The molecule has 0 saturated heterocycles. The van der Waals surface area contributed by atoms with Gasteiger partial charge in [-0.15, -0.1) is 10.2 Å². The third kappa shape index (κ3) is 7.60. The Labute approximate surface area is 251 Å². The Kier molecular flexibility index (Phi) is 11.4. The number of Topliss-reactive ketones (excluding diaryl/α,β-unsaturated/α-hetero) is 1. The number of carbonyl (C=O) groups is 1. The van der Waals surface area contributed by atoms with Crippen LogP contribution in [0, 0.1) is 40.4 Å². The Hall–Kier alpha value is -0.310. The molecule has 1 heterocycles. The van der Waals surface area contributed by atoms with Crippen molar-refractivity contribution in [2.24, 2.45) is 44.8 Å². The van der Waals surface area contributed by atoms with Crippen LogP contribution in [0.3, 0.4) is 0 Å². The Morgan fingerprint density at radius 3 is 1.93 bits per heavy atom. The number of hydrogen-bond acceptors (Lipinski definition) is 2. The molecule has 232 valence electrons. The molecule has 3 atom stereocenters. The number of hydrogen-bond donors (Lipinski definition) is 0. The first-order valence-electron chi connectivity index (χ1n) is 17.9. The van der Waals surface area contributed by atoms with E-state index in [4.69, 9.17) is 4.40 Å². The lowest BCUT2D eigenvalue weighted by molar-refractivity contribution is -0.128. The first-order valence-corrected chi connectivity index (χ1v) is 20.0. The van der Waals surface area contributed by atoms with Crippen molar-refractivity contribution >= 4 is 21.0 Å². The smallest absolute Gasteiger partial charge is 0.138 e. The van der Waals surface area contributed by atoms with Crippen molar-refractivity contribution in [2.45, 2.75) is 175 Å². The fourth-order valence-corrected chi connectivity index (χ4v) is 12.4. The molecule has 0 amide bonds. The van der Waals surface area contributed by atoms with E-state index in [-0.39, 0.29) is 5.41 Å². The van der Waals surface area contributed by atoms with Gasteiger partial charge in [0.15, 0.2) is 0 Å². The van der Waals surface area contributed by atoms with E-state index >= 15 is 0 Å². The minimum absolute atomic E-state index is 0.0938. The third-order valence-corrected chi connectivity index (χ3v) is 16.2. The topological polar surface area (TPSA) is 29.4 Å². The zero-order valence-corrected chi connectivity index (χ0v) is 28.7. The number of rotatable bonds is 17. The van der Waals surface area contributed by atoms with E-state index in [0.29, 0.717) is 17.1 Å². The minimum atomic E-state index is -0.723. The van der Waals surface area contributed by atoms with Gasteiger partial charge in [0, 0.05) is 17.1 Å². The molecule has 0 aromatic carbocycles. The molecule has 0 bridgehead atoms. The van der Waals surface area contributed by atoms with E-state index < -0.39 is 10.2 Å². The van der Waals surface area contributed by atoms with Gasteiger partial charge in [0.05, 0.1) is 5.04 Å².